The van der Waals surface area contributed by atoms with E-state index in [-0.39, 0.29) is 5.75 Å². The Hall–Kier alpha value is -1.59. The van der Waals surface area contributed by atoms with Crippen molar-refractivity contribution in [1.82, 2.24) is 0 Å². The van der Waals surface area contributed by atoms with Gasteiger partial charge in [-0.05, 0) is 29.8 Å². The van der Waals surface area contributed by atoms with E-state index in [0.717, 1.165) is 10.8 Å². The SMILES string of the molecule is CCS(=O)(=O)ONc1ccc2ccccc2c1. The molecule has 0 amide bonds. The van der Waals surface area contributed by atoms with Crippen molar-refractivity contribution in [2.75, 3.05) is 11.2 Å². The quantitative estimate of drug-likeness (QED) is 0.848. The standard InChI is InChI=1S/C12H13NO3S/c1-2-17(14,15)16-13-12-8-7-10-5-3-4-6-11(10)9-12/h3-9,13H,2H2,1H3. The Kier molecular flexibility index (Phi) is 3.31. The van der Waals surface area contributed by atoms with Crippen LogP contribution in [0.15, 0.2) is 42.5 Å². The fourth-order valence-electron chi connectivity index (χ4n) is 1.42. The Labute approximate surface area is 100 Å². The number of hydrogen-bond donors (Lipinski definition) is 1. The van der Waals surface area contributed by atoms with Crippen LogP contribution in [0.5, 0.6) is 0 Å². The third kappa shape index (κ3) is 2.95. The molecule has 2 rings (SSSR count). The molecule has 1 N–H and O–H groups in total. The molecule has 90 valence electrons. The second-order valence-electron chi connectivity index (χ2n) is 3.59. The summed E-state index contributed by atoms with van der Waals surface area (Å²) in [7, 11) is -3.48. The van der Waals surface area contributed by atoms with E-state index in [0.29, 0.717) is 5.69 Å². The molecule has 17 heavy (non-hydrogen) atoms. The van der Waals surface area contributed by atoms with E-state index in [9.17, 15) is 8.42 Å². The minimum absolute atomic E-state index is 0.0619. The Morgan fingerprint density at radius 2 is 1.82 bits per heavy atom. The van der Waals surface area contributed by atoms with E-state index in [4.69, 9.17) is 0 Å². The molecule has 0 aliphatic heterocycles. The molecule has 0 saturated heterocycles. The molecule has 0 unspecified atom stereocenters. The predicted octanol–water partition coefficient (Wildman–Crippen LogP) is 2.53. The van der Waals surface area contributed by atoms with Gasteiger partial charge in [0, 0.05) is 0 Å². The van der Waals surface area contributed by atoms with Gasteiger partial charge in [-0.2, -0.15) is 12.7 Å². The summed E-state index contributed by atoms with van der Waals surface area (Å²) in [5, 5.41) is 2.12. The summed E-state index contributed by atoms with van der Waals surface area (Å²) < 4.78 is 26.9. The third-order valence-corrected chi connectivity index (χ3v) is 3.43. The number of fused-ring (bicyclic) bond motifs is 1. The molecule has 0 bridgehead atoms. The van der Waals surface area contributed by atoms with Crippen molar-refractivity contribution in [2.24, 2.45) is 0 Å². The van der Waals surface area contributed by atoms with Crippen molar-refractivity contribution < 1.29 is 12.7 Å². The first-order valence-corrected chi connectivity index (χ1v) is 6.84. The molecule has 0 radical (unpaired) electrons. The van der Waals surface area contributed by atoms with Crippen LogP contribution in [0.25, 0.3) is 10.8 Å². The predicted molar refractivity (Wildman–Crippen MR) is 68.1 cm³/mol. The van der Waals surface area contributed by atoms with Crippen LogP contribution in [0, 0.1) is 0 Å². The first-order chi connectivity index (χ1) is 8.11. The molecule has 0 aliphatic carbocycles. The van der Waals surface area contributed by atoms with E-state index in [1.54, 1.807) is 6.07 Å². The maximum absolute atomic E-state index is 11.2. The fourth-order valence-corrected chi connectivity index (χ4v) is 1.76. The van der Waals surface area contributed by atoms with E-state index >= 15 is 0 Å². The Morgan fingerprint density at radius 1 is 1.12 bits per heavy atom. The van der Waals surface area contributed by atoms with Crippen molar-refractivity contribution in [3.63, 3.8) is 0 Å². The largest absolute Gasteiger partial charge is 0.287 e. The van der Waals surface area contributed by atoms with Crippen molar-refractivity contribution in [2.45, 2.75) is 6.92 Å². The number of hydrogen-bond acceptors (Lipinski definition) is 4. The molecule has 2 aromatic rings. The molecular formula is C12H13NO3S. The molecular weight excluding hydrogens is 238 g/mol. The van der Waals surface area contributed by atoms with Crippen molar-refractivity contribution >= 4 is 26.6 Å². The summed E-state index contributed by atoms with van der Waals surface area (Å²) in [5.41, 5.74) is 3.05. The highest BCUT2D eigenvalue weighted by atomic mass is 32.2. The molecule has 0 heterocycles. The summed E-state index contributed by atoms with van der Waals surface area (Å²) in [6.07, 6.45) is 0. The monoisotopic (exact) mass is 251 g/mol. The van der Waals surface area contributed by atoms with Gasteiger partial charge in [0.1, 0.15) is 0 Å². The average Bonchev–Trinajstić information content (AvgIpc) is 2.36. The topological polar surface area (TPSA) is 55.4 Å². The highest BCUT2D eigenvalue weighted by Crippen LogP contribution is 2.19. The van der Waals surface area contributed by atoms with Gasteiger partial charge < -0.3 is 0 Å². The Balaban J connectivity index is 2.20. The van der Waals surface area contributed by atoms with E-state index in [1.807, 2.05) is 36.4 Å². The lowest BCUT2D eigenvalue weighted by Crippen LogP contribution is -2.12. The summed E-state index contributed by atoms with van der Waals surface area (Å²) in [6.45, 7) is 1.53. The zero-order chi connectivity index (χ0) is 12.3. The Bertz CT molecular complexity index is 622. The summed E-state index contributed by atoms with van der Waals surface area (Å²) in [6, 6.07) is 13.3. The lowest BCUT2D eigenvalue weighted by Gasteiger charge is -2.06. The highest BCUT2D eigenvalue weighted by molar-refractivity contribution is 7.86. The van der Waals surface area contributed by atoms with Gasteiger partial charge in [0.05, 0.1) is 11.4 Å². The normalized spacial score (nSPS) is 11.6. The molecule has 0 saturated carbocycles. The van der Waals surface area contributed by atoms with Crippen molar-refractivity contribution in [3.8, 4) is 0 Å². The van der Waals surface area contributed by atoms with Crippen LogP contribution in [0.1, 0.15) is 6.92 Å². The van der Waals surface area contributed by atoms with Gasteiger partial charge in [-0.3, -0.25) is 0 Å². The minimum Gasteiger partial charge on any atom is -0.249 e. The van der Waals surface area contributed by atoms with Gasteiger partial charge in [0.25, 0.3) is 10.1 Å². The number of nitrogens with one attached hydrogen (secondary N) is 1. The number of rotatable bonds is 4. The van der Waals surface area contributed by atoms with Gasteiger partial charge >= 0.3 is 0 Å². The summed E-state index contributed by atoms with van der Waals surface area (Å²) >= 11 is 0. The molecule has 0 spiro atoms. The average molecular weight is 251 g/mol. The minimum atomic E-state index is -3.48. The van der Waals surface area contributed by atoms with Crippen molar-refractivity contribution in [1.29, 1.82) is 0 Å². The van der Waals surface area contributed by atoms with Crippen molar-refractivity contribution in [3.05, 3.63) is 42.5 Å². The lowest BCUT2D eigenvalue weighted by atomic mass is 10.1. The van der Waals surface area contributed by atoms with Gasteiger partial charge in [-0.1, -0.05) is 30.3 Å². The van der Waals surface area contributed by atoms with Gasteiger partial charge in [0.15, 0.2) is 0 Å². The maximum atomic E-state index is 11.2. The van der Waals surface area contributed by atoms with Gasteiger partial charge in [-0.15, -0.1) is 0 Å². The number of anilines is 1. The van der Waals surface area contributed by atoms with Crippen LogP contribution >= 0.6 is 0 Å². The second kappa shape index (κ2) is 4.73. The second-order valence-corrected chi connectivity index (χ2v) is 5.45. The van der Waals surface area contributed by atoms with Crippen LogP contribution in [0.2, 0.25) is 0 Å². The van der Waals surface area contributed by atoms with Gasteiger partial charge in [-0.25, -0.2) is 5.48 Å². The van der Waals surface area contributed by atoms with Crippen LogP contribution < -0.4 is 5.48 Å². The lowest BCUT2D eigenvalue weighted by molar-refractivity contribution is 0.392. The van der Waals surface area contributed by atoms with Crippen LogP contribution in [-0.4, -0.2) is 14.2 Å². The number of benzene rings is 2. The summed E-state index contributed by atoms with van der Waals surface area (Å²) in [5.74, 6) is -0.0619. The maximum Gasteiger partial charge on any atom is 0.287 e. The fraction of sp³-hybridized carbons (Fsp3) is 0.167. The molecule has 0 fully saturated rings. The molecule has 0 atom stereocenters. The van der Waals surface area contributed by atoms with Crippen LogP contribution in [0.3, 0.4) is 0 Å². The first-order valence-electron chi connectivity index (χ1n) is 5.27. The van der Waals surface area contributed by atoms with Crippen LogP contribution in [0.4, 0.5) is 5.69 Å². The molecule has 5 heteroatoms. The van der Waals surface area contributed by atoms with E-state index in [1.165, 1.54) is 6.92 Å². The van der Waals surface area contributed by atoms with E-state index < -0.39 is 10.1 Å². The van der Waals surface area contributed by atoms with Crippen LogP contribution in [-0.2, 0) is 14.4 Å². The first kappa shape index (κ1) is 11.9. The zero-order valence-corrected chi connectivity index (χ0v) is 10.2. The Morgan fingerprint density at radius 3 is 2.53 bits per heavy atom. The smallest absolute Gasteiger partial charge is 0.249 e. The molecule has 0 aliphatic rings. The molecule has 4 nitrogen and oxygen atoms in total. The van der Waals surface area contributed by atoms with E-state index in [2.05, 4.69) is 9.76 Å². The third-order valence-electron chi connectivity index (χ3n) is 2.39. The highest BCUT2D eigenvalue weighted by Gasteiger charge is 2.07. The van der Waals surface area contributed by atoms with Gasteiger partial charge in [0.2, 0.25) is 0 Å². The molecule has 2 aromatic carbocycles. The molecule has 0 aromatic heterocycles. The zero-order valence-electron chi connectivity index (χ0n) is 9.38. The summed E-state index contributed by atoms with van der Waals surface area (Å²) in [4.78, 5) is 0.